The van der Waals surface area contributed by atoms with Gasteiger partial charge in [-0.05, 0) is 42.4 Å². The Hall–Kier alpha value is -1.42. The van der Waals surface area contributed by atoms with E-state index in [-0.39, 0.29) is 0 Å². The van der Waals surface area contributed by atoms with E-state index in [0.717, 1.165) is 6.54 Å². The highest BCUT2D eigenvalue weighted by Crippen LogP contribution is 2.21. The molecule has 19 heavy (non-hydrogen) atoms. The van der Waals surface area contributed by atoms with E-state index in [1.165, 1.54) is 35.6 Å². The number of benzene rings is 1. The maximum absolute atomic E-state index is 4.25. The zero-order valence-electron chi connectivity index (χ0n) is 11.0. The molecule has 2 heterocycles. The van der Waals surface area contributed by atoms with Crippen molar-refractivity contribution in [2.75, 3.05) is 16.8 Å². The number of hydrogen-bond acceptors (Lipinski definition) is 3. The first kappa shape index (κ1) is 12.6. The van der Waals surface area contributed by atoms with Crippen LogP contribution in [-0.4, -0.2) is 27.3 Å². The summed E-state index contributed by atoms with van der Waals surface area (Å²) >= 11 is 2.05. The quantitative estimate of drug-likeness (QED) is 0.927. The van der Waals surface area contributed by atoms with Crippen molar-refractivity contribution in [3.8, 4) is 0 Å². The molecule has 1 fully saturated rings. The molecule has 1 N–H and O–H groups in total. The summed E-state index contributed by atoms with van der Waals surface area (Å²) in [4.78, 5) is 0. The third-order valence-electron chi connectivity index (χ3n) is 3.36. The van der Waals surface area contributed by atoms with Gasteiger partial charge < -0.3 is 5.32 Å². The Morgan fingerprint density at radius 2 is 2.37 bits per heavy atom. The van der Waals surface area contributed by atoms with Gasteiger partial charge in [0.1, 0.15) is 0 Å². The van der Waals surface area contributed by atoms with Crippen LogP contribution in [0.4, 0.5) is 5.69 Å². The third kappa shape index (κ3) is 3.53. The Bertz CT molecular complexity index is 504. The van der Waals surface area contributed by atoms with E-state index in [1.54, 1.807) is 0 Å². The monoisotopic (exact) mass is 273 g/mol. The number of thioether (sulfide) groups is 1. The Kier molecular flexibility index (Phi) is 4.08. The van der Waals surface area contributed by atoms with Crippen LogP contribution >= 0.6 is 11.8 Å². The van der Waals surface area contributed by atoms with Crippen molar-refractivity contribution < 1.29 is 0 Å². The maximum Gasteiger partial charge on any atom is 0.0660 e. The Morgan fingerprint density at radius 1 is 1.37 bits per heavy atom. The van der Waals surface area contributed by atoms with Crippen LogP contribution in [0.15, 0.2) is 42.7 Å². The summed E-state index contributed by atoms with van der Waals surface area (Å²) in [5.41, 5.74) is 2.52. The van der Waals surface area contributed by atoms with Gasteiger partial charge in [-0.3, -0.25) is 4.68 Å². The standard InChI is InChI=1S/C15H19N3S/c1-4-13(11-18-8-3-7-16-18)10-14(5-1)17-15-6-2-9-19-12-15/h1,3-5,7-8,10,15,17H,2,6,9,11-12H2. The molecule has 2 aromatic rings. The molecule has 0 aliphatic carbocycles. The van der Waals surface area contributed by atoms with Gasteiger partial charge in [0.15, 0.2) is 0 Å². The molecule has 1 aliphatic heterocycles. The van der Waals surface area contributed by atoms with Crippen LogP contribution in [0.25, 0.3) is 0 Å². The molecule has 4 heteroatoms. The van der Waals surface area contributed by atoms with Crippen LogP contribution in [0, 0.1) is 0 Å². The molecule has 1 aromatic heterocycles. The minimum atomic E-state index is 0.624. The summed E-state index contributed by atoms with van der Waals surface area (Å²) in [6.07, 6.45) is 6.44. The lowest BCUT2D eigenvalue weighted by Gasteiger charge is -2.23. The van der Waals surface area contributed by atoms with Gasteiger partial charge >= 0.3 is 0 Å². The molecule has 100 valence electrons. The number of anilines is 1. The largest absolute Gasteiger partial charge is 0.381 e. The summed E-state index contributed by atoms with van der Waals surface area (Å²) in [6.45, 7) is 0.835. The van der Waals surface area contributed by atoms with Gasteiger partial charge in [0.2, 0.25) is 0 Å². The van der Waals surface area contributed by atoms with Gasteiger partial charge in [0.05, 0.1) is 6.54 Å². The van der Waals surface area contributed by atoms with Crippen molar-refractivity contribution >= 4 is 17.4 Å². The van der Waals surface area contributed by atoms with Crippen molar-refractivity contribution in [3.05, 3.63) is 48.3 Å². The predicted octanol–water partition coefficient (Wildman–Crippen LogP) is 3.24. The molecule has 1 unspecified atom stereocenters. The van der Waals surface area contributed by atoms with Crippen LogP contribution < -0.4 is 5.32 Å². The number of nitrogens with zero attached hydrogens (tertiary/aromatic N) is 2. The van der Waals surface area contributed by atoms with Crippen LogP contribution in [0.1, 0.15) is 18.4 Å². The van der Waals surface area contributed by atoms with Crippen LogP contribution in [0.5, 0.6) is 0 Å². The molecule has 0 saturated carbocycles. The molecule has 0 spiro atoms. The Balaban J connectivity index is 1.65. The number of nitrogens with one attached hydrogen (secondary N) is 1. The average molecular weight is 273 g/mol. The molecule has 1 aromatic carbocycles. The van der Waals surface area contributed by atoms with E-state index in [0.29, 0.717) is 6.04 Å². The summed E-state index contributed by atoms with van der Waals surface area (Å²) < 4.78 is 1.95. The van der Waals surface area contributed by atoms with E-state index in [4.69, 9.17) is 0 Å². The van der Waals surface area contributed by atoms with Gasteiger partial charge in [-0.25, -0.2) is 0 Å². The van der Waals surface area contributed by atoms with E-state index in [9.17, 15) is 0 Å². The first-order valence-corrected chi connectivity index (χ1v) is 7.96. The van der Waals surface area contributed by atoms with E-state index in [2.05, 4.69) is 46.4 Å². The molecular formula is C15H19N3S. The molecule has 0 radical (unpaired) electrons. The van der Waals surface area contributed by atoms with Crippen molar-refractivity contribution in [1.29, 1.82) is 0 Å². The number of hydrogen-bond donors (Lipinski definition) is 1. The zero-order chi connectivity index (χ0) is 12.9. The van der Waals surface area contributed by atoms with E-state index in [1.807, 2.05) is 23.1 Å². The number of aromatic nitrogens is 2. The van der Waals surface area contributed by atoms with Gasteiger partial charge in [-0.1, -0.05) is 12.1 Å². The lowest BCUT2D eigenvalue weighted by atomic mass is 10.1. The summed E-state index contributed by atoms with van der Waals surface area (Å²) in [6, 6.07) is 11.3. The van der Waals surface area contributed by atoms with Crippen molar-refractivity contribution in [2.45, 2.75) is 25.4 Å². The molecule has 3 nitrogen and oxygen atoms in total. The second-order valence-corrected chi connectivity index (χ2v) is 6.11. The van der Waals surface area contributed by atoms with Crippen LogP contribution in [-0.2, 0) is 6.54 Å². The van der Waals surface area contributed by atoms with Gasteiger partial charge in [-0.2, -0.15) is 16.9 Å². The second kappa shape index (κ2) is 6.15. The highest BCUT2D eigenvalue weighted by molar-refractivity contribution is 7.99. The fourth-order valence-corrected chi connectivity index (χ4v) is 3.50. The maximum atomic E-state index is 4.25. The normalized spacial score (nSPS) is 19.3. The molecule has 1 saturated heterocycles. The first-order chi connectivity index (χ1) is 9.40. The highest BCUT2D eigenvalue weighted by Gasteiger charge is 2.13. The molecule has 0 bridgehead atoms. The van der Waals surface area contributed by atoms with Gasteiger partial charge in [0, 0.05) is 29.9 Å². The molecule has 1 atom stereocenters. The Labute approximate surface area is 118 Å². The van der Waals surface area contributed by atoms with E-state index < -0.39 is 0 Å². The lowest BCUT2D eigenvalue weighted by Crippen LogP contribution is -2.25. The summed E-state index contributed by atoms with van der Waals surface area (Å²) in [5, 5.41) is 7.90. The van der Waals surface area contributed by atoms with Crippen molar-refractivity contribution in [3.63, 3.8) is 0 Å². The third-order valence-corrected chi connectivity index (χ3v) is 4.58. The summed E-state index contributed by atoms with van der Waals surface area (Å²) in [5.74, 6) is 2.54. The average Bonchev–Trinajstić information content (AvgIpc) is 2.93. The second-order valence-electron chi connectivity index (χ2n) is 4.96. The van der Waals surface area contributed by atoms with Gasteiger partial charge in [0.25, 0.3) is 0 Å². The van der Waals surface area contributed by atoms with Crippen molar-refractivity contribution in [1.82, 2.24) is 9.78 Å². The fourth-order valence-electron chi connectivity index (χ4n) is 2.43. The topological polar surface area (TPSA) is 29.9 Å². The minimum Gasteiger partial charge on any atom is -0.381 e. The minimum absolute atomic E-state index is 0.624. The van der Waals surface area contributed by atoms with Gasteiger partial charge in [-0.15, -0.1) is 0 Å². The predicted molar refractivity (Wildman–Crippen MR) is 81.7 cm³/mol. The van der Waals surface area contributed by atoms with Crippen LogP contribution in [0.2, 0.25) is 0 Å². The Morgan fingerprint density at radius 3 is 3.16 bits per heavy atom. The molecule has 0 amide bonds. The summed E-state index contributed by atoms with van der Waals surface area (Å²) in [7, 11) is 0. The SMILES string of the molecule is c1cc(Cn2cccn2)cc(NC2CCCSC2)c1. The molecule has 1 aliphatic rings. The lowest BCUT2D eigenvalue weighted by molar-refractivity contribution is 0.680. The van der Waals surface area contributed by atoms with Crippen LogP contribution in [0.3, 0.4) is 0 Å². The first-order valence-electron chi connectivity index (χ1n) is 6.81. The zero-order valence-corrected chi connectivity index (χ0v) is 11.8. The number of rotatable bonds is 4. The van der Waals surface area contributed by atoms with E-state index >= 15 is 0 Å². The highest BCUT2D eigenvalue weighted by atomic mass is 32.2. The molecule has 3 rings (SSSR count). The smallest absolute Gasteiger partial charge is 0.0660 e. The molecular weight excluding hydrogens is 254 g/mol. The fraction of sp³-hybridized carbons (Fsp3) is 0.400. The van der Waals surface area contributed by atoms with Crippen molar-refractivity contribution in [2.24, 2.45) is 0 Å².